The van der Waals surface area contributed by atoms with E-state index in [1.165, 1.54) is 5.57 Å². The molecular weight excluding hydrogens is 384 g/mol. The summed E-state index contributed by atoms with van der Waals surface area (Å²) in [5.41, 5.74) is 5.01. The molecule has 8 nitrogen and oxygen atoms in total. The average molecular weight is 409 g/mol. The predicted octanol–water partition coefficient (Wildman–Crippen LogP) is 2.74. The van der Waals surface area contributed by atoms with Gasteiger partial charge in [0.15, 0.2) is 11.5 Å². The number of rotatable bonds is 4. The number of likely N-dealkylation sites (N-methyl/N-ethyl adjacent to an activating group) is 1. The molecule has 5 rings (SSSR count). The summed E-state index contributed by atoms with van der Waals surface area (Å²) in [5.74, 6) is 0.769. The van der Waals surface area contributed by atoms with Crippen molar-refractivity contribution in [3.63, 3.8) is 0 Å². The van der Waals surface area contributed by atoms with Crippen LogP contribution in [-0.2, 0) is 7.05 Å². The van der Waals surface area contributed by atoms with E-state index in [0.29, 0.717) is 6.04 Å². The fraction of sp³-hybridized carbons (Fsp3) is 0.350. The van der Waals surface area contributed by atoms with E-state index in [9.17, 15) is 0 Å². The highest BCUT2D eigenvalue weighted by Gasteiger charge is 2.22. The molecule has 2 N–H and O–H groups in total. The Balaban J connectivity index is 1.63. The molecule has 1 unspecified atom stereocenters. The molecule has 0 aliphatic carbocycles. The Morgan fingerprint density at radius 3 is 2.83 bits per heavy atom. The first kappa shape index (κ1) is 18.4. The second kappa shape index (κ2) is 7.33. The lowest BCUT2D eigenvalue weighted by Crippen LogP contribution is -2.22. The summed E-state index contributed by atoms with van der Waals surface area (Å²) in [6, 6.07) is 0.373. The van der Waals surface area contributed by atoms with Crippen molar-refractivity contribution < 1.29 is 0 Å². The highest BCUT2D eigenvalue weighted by atomic mass is 32.2. The van der Waals surface area contributed by atoms with Crippen LogP contribution in [0.15, 0.2) is 42.0 Å². The summed E-state index contributed by atoms with van der Waals surface area (Å²) in [4.78, 5) is 9.64. The zero-order valence-corrected chi connectivity index (χ0v) is 17.6. The van der Waals surface area contributed by atoms with E-state index in [1.54, 1.807) is 16.6 Å². The molecule has 0 saturated carbocycles. The number of fused-ring (bicyclic) bond motifs is 1. The SMILES string of the molecule is CC1C=C(Nc2nc(C3=CCCNC3)cn3c(-c4cnn(C)c4)cnc23)SN1C. The van der Waals surface area contributed by atoms with Crippen LogP contribution < -0.4 is 10.6 Å². The summed E-state index contributed by atoms with van der Waals surface area (Å²) in [5, 5.41) is 12.3. The summed E-state index contributed by atoms with van der Waals surface area (Å²) in [7, 11) is 4.02. The molecule has 3 aromatic heterocycles. The first-order valence-electron chi connectivity index (χ1n) is 9.75. The Hall–Kier alpha value is -2.62. The Morgan fingerprint density at radius 2 is 2.14 bits per heavy atom. The zero-order valence-electron chi connectivity index (χ0n) is 16.8. The molecule has 150 valence electrons. The monoisotopic (exact) mass is 408 g/mol. The Labute approximate surface area is 173 Å². The van der Waals surface area contributed by atoms with Gasteiger partial charge in [-0.15, -0.1) is 0 Å². The molecule has 0 amide bonds. The van der Waals surface area contributed by atoms with Gasteiger partial charge >= 0.3 is 0 Å². The van der Waals surface area contributed by atoms with Gasteiger partial charge in [-0.1, -0.05) is 6.08 Å². The van der Waals surface area contributed by atoms with Gasteiger partial charge in [0.1, 0.15) is 0 Å². The minimum absolute atomic E-state index is 0.373. The minimum Gasteiger partial charge on any atom is -0.331 e. The molecule has 2 aliphatic rings. The predicted molar refractivity (Wildman–Crippen MR) is 117 cm³/mol. The maximum absolute atomic E-state index is 4.95. The van der Waals surface area contributed by atoms with E-state index in [4.69, 9.17) is 4.98 Å². The van der Waals surface area contributed by atoms with Crippen LogP contribution in [0.25, 0.3) is 22.5 Å². The van der Waals surface area contributed by atoms with Crippen molar-refractivity contribution in [1.29, 1.82) is 0 Å². The average Bonchev–Trinajstić information content (AvgIpc) is 3.41. The third-order valence-electron chi connectivity index (χ3n) is 5.30. The van der Waals surface area contributed by atoms with Crippen molar-refractivity contribution in [2.45, 2.75) is 19.4 Å². The van der Waals surface area contributed by atoms with Crippen LogP contribution in [0.2, 0.25) is 0 Å². The van der Waals surface area contributed by atoms with E-state index in [2.05, 4.69) is 61.7 Å². The largest absolute Gasteiger partial charge is 0.331 e. The molecule has 29 heavy (non-hydrogen) atoms. The van der Waals surface area contributed by atoms with Gasteiger partial charge in [0, 0.05) is 37.6 Å². The highest BCUT2D eigenvalue weighted by Crippen LogP contribution is 2.33. The Morgan fingerprint density at radius 1 is 1.24 bits per heavy atom. The normalized spacial score (nSPS) is 20.2. The van der Waals surface area contributed by atoms with Crippen LogP contribution in [0.5, 0.6) is 0 Å². The van der Waals surface area contributed by atoms with Crippen LogP contribution in [0, 0.1) is 0 Å². The molecule has 9 heteroatoms. The third-order valence-corrected chi connectivity index (χ3v) is 6.35. The Kier molecular flexibility index (Phi) is 4.65. The third kappa shape index (κ3) is 3.45. The molecule has 5 heterocycles. The van der Waals surface area contributed by atoms with Crippen molar-refractivity contribution in [1.82, 2.24) is 33.8 Å². The van der Waals surface area contributed by atoms with E-state index < -0.39 is 0 Å². The lowest BCUT2D eigenvalue weighted by atomic mass is 10.1. The van der Waals surface area contributed by atoms with Crippen LogP contribution in [0.4, 0.5) is 5.82 Å². The van der Waals surface area contributed by atoms with Gasteiger partial charge in [-0.2, -0.15) is 5.10 Å². The molecule has 3 aromatic rings. The minimum atomic E-state index is 0.373. The van der Waals surface area contributed by atoms with Crippen molar-refractivity contribution in [2.75, 3.05) is 25.5 Å². The van der Waals surface area contributed by atoms with Gasteiger partial charge < -0.3 is 10.6 Å². The van der Waals surface area contributed by atoms with Crippen LogP contribution in [-0.4, -0.2) is 54.6 Å². The maximum atomic E-state index is 4.95. The smallest absolute Gasteiger partial charge is 0.180 e. The second-order valence-corrected chi connectivity index (χ2v) is 8.64. The summed E-state index contributed by atoms with van der Waals surface area (Å²) in [6.07, 6.45) is 13.3. The molecule has 0 fully saturated rings. The summed E-state index contributed by atoms with van der Waals surface area (Å²) < 4.78 is 6.13. The second-order valence-electron chi connectivity index (χ2n) is 7.44. The van der Waals surface area contributed by atoms with Crippen LogP contribution >= 0.6 is 11.9 Å². The van der Waals surface area contributed by atoms with Gasteiger partial charge in [-0.3, -0.25) is 9.08 Å². The topological polar surface area (TPSA) is 75.3 Å². The van der Waals surface area contributed by atoms with Crippen molar-refractivity contribution in [3.05, 3.63) is 47.7 Å². The summed E-state index contributed by atoms with van der Waals surface area (Å²) >= 11 is 1.69. The quantitative estimate of drug-likeness (QED) is 0.643. The summed E-state index contributed by atoms with van der Waals surface area (Å²) in [6.45, 7) is 4.01. The van der Waals surface area contributed by atoms with Crippen molar-refractivity contribution in [3.8, 4) is 11.3 Å². The zero-order chi connectivity index (χ0) is 20.0. The highest BCUT2D eigenvalue weighted by molar-refractivity contribution is 8.01. The molecule has 0 bridgehead atoms. The molecule has 0 aromatic carbocycles. The number of imidazole rings is 1. The fourth-order valence-corrected chi connectivity index (χ4v) is 4.54. The number of hydrogen-bond donors (Lipinski definition) is 2. The molecule has 0 saturated heterocycles. The number of aryl methyl sites for hydroxylation is 1. The maximum Gasteiger partial charge on any atom is 0.180 e. The van der Waals surface area contributed by atoms with E-state index in [0.717, 1.165) is 53.0 Å². The Bertz CT molecular complexity index is 1120. The molecule has 0 spiro atoms. The van der Waals surface area contributed by atoms with E-state index in [1.807, 2.05) is 25.6 Å². The number of anilines is 1. The first-order chi connectivity index (χ1) is 14.1. The van der Waals surface area contributed by atoms with Gasteiger partial charge in [-0.25, -0.2) is 14.3 Å². The van der Waals surface area contributed by atoms with Gasteiger partial charge in [0.25, 0.3) is 0 Å². The lowest BCUT2D eigenvalue weighted by Gasteiger charge is -2.16. The van der Waals surface area contributed by atoms with Crippen LogP contribution in [0.3, 0.4) is 0 Å². The number of nitrogens with one attached hydrogen (secondary N) is 2. The van der Waals surface area contributed by atoms with E-state index >= 15 is 0 Å². The van der Waals surface area contributed by atoms with Crippen molar-refractivity contribution >= 4 is 29.0 Å². The van der Waals surface area contributed by atoms with Crippen LogP contribution in [0.1, 0.15) is 19.0 Å². The fourth-order valence-electron chi connectivity index (χ4n) is 3.61. The van der Waals surface area contributed by atoms with Gasteiger partial charge in [-0.05, 0) is 50.5 Å². The van der Waals surface area contributed by atoms with Gasteiger partial charge in [0.2, 0.25) is 0 Å². The number of nitrogens with zero attached hydrogens (tertiary/aromatic N) is 6. The first-order valence-corrected chi connectivity index (χ1v) is 10.5. The molecule has 1 atom stereocenters. The number of hydrogen-bond acceptors (Lipinski definition) is 7. The molecule has 0 radical (unpaired) electrons. The standard InChI is InChI=1S/C20H24N8S/c1-13-7-18(29-27(13)3)25-19-20-22-10-17(15-9-23-26(2)11-15)28(20)12-16(24-19)14-5-4-6-21-8-14/h5,7,9-13,21H,4,6,8H2,1-3H3,(H,24,25). The molecule has 2 aliphatic heterocycles. The lowest BCUT2D eigenvalue weighted by molar-refractivity contribution is 0.521. The number of aromatic nitrogens is 5. The van der Waals surface area contributed by atoms with Gasteiger partial charge in [0.05, 0.1) is 28.8 Å². The van der Waals surface area contributed by atoms with Crippen molar-refractivity contribution in [2.24, 2.45) is 7.05 Å². The molecular formula is C20H24N8S. The van der Waals surface area contributed by atoms with E-state index in [-0.39, 0.29) is 0 Å².